The molecule has 1 aromatic carbocycles. The molecule has 0 bridgehead atoms. The molecule has 0 aliphatic rings. The van der Waals surface area contributed by atoms with E-state index < -0.39 is 11.1 Å². The predicted octanol–water partition coefficient (Wildman–Crippen LogP) is 2.05. The molecule has 0 saturated carbocycles. The third-order valence-electron chi connectivity index (χ3n) is 1.75. The maximum Gasteiger partial charge on any atom is 0.513 e. The number of rotatable bonds is 2. The van der Waals surface area contributed by atoms with Gasteiger partial charge in [0, 0.05) is 5.56 Å². The molecule has 0 spiro atoms. The van der Waals surface area contributed by atoms with E-state index in [9.17, 15) is 14.9 Å². The van der Waals surface area contributed by atoms with Crippen molar-refractivity contribution in [1.82, 2.24) is 0 Å². The van der Waals surface area contributed by atoms with Crippen LogP contribution in [0.2, 0.25) is 0 Å². The minimum absolute atomic E-state index is 0.0825. The zero-order valence-electron chi connectivity index (χ0n) is 8.22. The highest BCUT2D eigenvalue weighted by atomic mass is 16.7. The molecule has 0 amide bonds. The van der Waals surface area contributed by atoms with Crippen LogP contribution in [0.5, 0.6) is 5.75 Å². The monoisotopic (exact) mass is 211 g/mol. The molecule has 0 aliphatic carbocycles. The van der Waals surface area contributed by atoms with E-state index in [1.807, 2.05) is 0 Å². The second kappa shape index (κ2) is 4.41. The van der Waals surface area contributed by atoms with E-state index in [0.717, 1.165) is 7.11 Å². The summed E-state index contributed by atoms with van der Waals surface area (Å²) in [7, 11) is 1.16. The van der Waals surface area contributed by atoms with Crippen molar-refractivity contribution in [3.8, 4) is 5.75 Å². The number of hydrogen-bond donors (Lipinski definition) is 0. The molecule has 0 radical (unpaired) electrons. The number of benzene rings is 1. The summed E-state index contributed by atoms with van der Waals surface area (Å²) in [4.78, 5) is 20.8. The van der Waals surface area contributed by atoms with E-state index in [1.54, 1.807) is 6.92 Å². The third-order valence-corrected chi connectivity index (χ3v) is 1.75. The molecular weight excluding hydrogens is 202 g/mol. The van der Waals surface area contributed by atoms with Crippen LogP contribution in [0, 0.1) is 17.0 Å². The Hall–Kier alpha value is -2.11. The summed E-state index contributed by atoms with van der Waals surface area (Å²) in [5.74, 6) is 0.0825. The first-order chi connectivity index (χ1) is 7.04. The Morgan fingerprint density at radius 3 is 2.67 bits per heavy atom. The molecule has 0 atom stereocenters. The van der Waals surface area contributed by atoms with Gasteiger partial charge in [-0.25, -0.2) is 4.79 Å². The lowest BCUT2D eigenvalue weighted by Crippen LogP contribution is -2.07. The Bertz CT molecular complexity index is 401. The number of nitro benzene ring substituents is 1. The lowest BCUT2D eigenvalue weighted by Gasteiger charge is -2.03. The van der Waals surface area contributed by atoms with Crippen molar-refractivity contribution < 1.29 is 19.2 Å². The largest absolute Gasteiger partial charge is 0.513 e. The van der Waals surface area contributed by atoms with E-state index in [1.165, 1.54) is 18.2 Å². The Kier molecular flexibility index (Phi) is 3.22. The van der Waals surface area contributed by atoms with Crippen molar-refractivity contribution >= 4 is 11.8 Å². The normalized spacial score (nSPS) is 9.47. The van der Waals surface area contributed by atoms with Gasteiger partial charge in [-0.2, -0.15) is 0 Å². The molecule has 6 nitrogen and oxygen atoms in total. The topological polar surface area (TPSA) is 78.7 Å². The minimum Gasteiger partial charge on any atom is -0.437 e. The number of carbonyl (C=O) groups excluding carboxylic acids is 1. The summed E-state index contributed by atoms with van der Waals surface area (Å²) < 4.78 is 8.90. The van der Waals surface area contributed by atoms with Crippen molar-refractivity contribution in [2.75, 3.05) is 7.11 Å². The van der Waals surface area contributed by atoms with E-state index in [0.29, 0.717) is 5.56 Å². The molecule has 0 saturated heterocycles. The number of nitrogens with zero attached hydrogens (tertiary/aromatic N) is 1. The Morgan fingerprint density at radius 2 is 2.13 bits per heavy atom. The third kappa shape index (κ3) is 2.67. The SMILES string of the molecule is COC(=O)Oc1ccc(C)c([N+](=O)[O-])c1. The van der Waals surface area contributed by atoms with Gasteiger partial charge in [0.25, 0.3) is 5.69 Å². The van der Waals surface area contributed by atoms with E-state index >= 15 is 0 Å². The molecule has 0 aliphatic heterocycles. The second-order valence-corrected chi connectivity index (χ2v) is 2.76. The van der Waals surface area contributed by atoms with Gasteiger partial charge in [0.2, 0.25) is 0 Å². The van der Waals surface area contributed by atoms with Gasteiger partial charge in [-0.3, -0.25) is 10.1 Å². The van der Waals surface area contributed by atoms with E-state index in [-0.39, 0.29) is 11.4 Å². The number of nitro groups is 1. The number of ether oxygens (including phenoxy) is 2. The molecule has 1 aromatic rings. The number of aryl methyl sites for hydroxylation is 1. The standard InChI is InChI=1S/C9H9NO5/c1-6-3-4-7(15-9(11)14-2)5-8(6)10(12)13/h3-5H,1-2H3. The van der Waals surface area contributed by atoms with Gasteiger partial charge in [-0.05, 0) is 19.1 Å². The lowest BCUT2D eigenvalue weighted by atomic mass is 10.2. The summed E-state index contributed by atoms with van der Waals surface area (Å²) in [5.41, 5.74) is 0.397. The molecule has 0 N–H and O–H groups in total. The fourth-order valence-electron chi connectivity index (χ4n) is 0.987. The van der Waals surface area contributed by atoms with Crippen LogP contribution in [0.15, 0.2) is 18.2 Å². The molecule has 0 aromatic heterocycles. The average molecular weight is 211 g/mol. The van der Waals surface area contributed by atoms with Gasteiger partial charge in [0.15, 0.2) is 0 Å². The van der Waals surface area contributed by atoms with Crippen LogP contribution in [0.4, 0.5) is 10.5 Å². The van der Waals surface area contributed by atoms with Crippen LogP contribution in [-0.2, 0) is 4.74 Å². The van der Waals surface area contributed by atoms with Crippen LogP contribution in [0.3, 0.4) is 0 Å². The number of hydrogen-bond acceptors (Lipinski definition) is 5. The molecule has 0 fully saturated rings. The fourth-order valence-corrected chi connectivity index (χ4v) is 0.987. The van der Waals surface area contributed by atoms with Gasteiger partial charge in [-0.15, -0.1) is 0 Å². The Morgan fingerprint density at radius 1 is 1.47 bits per heavy atom. The van der Waals surface area contributed by atoms with Crippen LogP contribution < -0.4 is 4.74 Å². The van der Waals surface area contributed by atoms with Crippen molar-refractivity contribution in [3.63, 3.8) is 0 Å². The van der Waals surface area contributed by atoms with Crippen LogP contribution in [0.25, 0.3) is 0 Å². The summed E-state index contributed by atoms with van der Waals surface area (Å²) in [6.07, 6.45) is -0.909. The molecule has 0 heterocycles. The lowest BCUT2D eigenvalue weighted by molar-refractivity contribution is -0.385. The summed E-state index contributed by atoms with van der Waals surface area (Å²) >= 11 is 0. The van der Waals surface area contributed by atoms with Crippen molar-refractivity contribution in [1.29, 1.82) is 0 Å². The number of carbonyl (C=O) groups is 1. The highest BCUT2D eigenvalue weighted by Gasteiger charge is 2.13. The van der Waals surface area contributed by atoms with E-state index in [4.69, 9.17) is 0 Å². The van der Waals surface area contributed by atoms with E-state index in [2.05, 4.69) is 9.47 Å². The molecule has 6 heteroatoms. The predicted molar refractivity (Wildman–Crippen MR) is 50.9 cm³/mol. The van der Waals surface area contributed by atoms with Gasteiger partial charge in [0.05, 0.1) is 18.1 Å². The minimum atomic E-state index is -0.909. The molecule has 0 unspecified atom stereocenters. The zero-order valence-corrected chi connectivity index (χ0v) is 8.22. The maximum absolute atomic E-state index is 10.7. The van der Waals surface area contributed by atoms with Crippen LogP contribution >= 0.6 is 0 Å². The smallest absolute Gasteiger partial charge is 0.437 e. The van der Waals surface area contributed by atoms with Crippen molar-refractivity contribution in [2.24, 2.45) is 0 Å². The van der Waals surface area contributed by atoms with Gasteiger partial charge in [-0.1, -0.05) is 0 Å². The second-order valence-electron chi connectivity index (χ2n) is 2.76. The number of methoxy groups -OCH3 is 1. The van der Waals surface area contributed by atoms with Crippen LogP contribution in [0.1, 0.15) is 5.56 Å². The highest BCUT2D eigenvalue weighted by molar-refractivity contribution is 5.64. The Labute approximate surface area is 85.6 Å². The first-order valence-electron chi connectivity index (χ1n) is 4.05. The molecule has 1 rings (SSSR count). The summed E-state index contributed by atoms with van der Waals surface area (Å²) in [5, 5.41) is 10.6. The van der Waals surface area contributed by atoms with Crippen molar-refractivity contribution in [3.05, 3.63) is 33.9 Å². The maximum atomic E-state index is 10.7. The van der Waals surface area contributed by atoms with Gasteiger partial charge < -0.3 is 9.47 Å². The van der Waals surface area contributed by atoms with Crippen LogP contribution in [-0.4, -0.2) is 18.2 Å². The summed E-state index contributed by atoms with van der Waals surface area (Å²) in [6, 6.07) is 4.13. The Balaban J connectivity index is 2.97. The van der Waals surface area contributed by atoms with Gasteiger partial charge >= 0.3 is 6.16 Å². The molecular formula is C9H9NO5. The first kappa shape index (κ1) is 11.0. The average Bonchev–Trinajstić information content (AvgIpc) is 2.20. The van der Waals surface area contributed by atoms with Crippen molar-refractivity contribution in [2.45, 2.75) is 6.92 Å². The highest BCUT2D eigenvalue weighted by Crippen LogP contribution is 2.23. The first-order valence-corrected chi connectivity index (χ1v) is 4.05. The molecule has 80 valence electrons. The molecule has 15 heavy (non-hydrogen) atoms. The fraction of sp³-hybridized carbons (Fsp3) is 0.222. The quantitative estimate of drug-likeness (QED) is 0.323. The van der Waals surface area contributed by atoms with Gasteiger partial charge in [0.1, 0.15) is 5.75 Å². The summed E-state index contributed by atoms with van der Waals surface area (Å²) in [6.45, 7) is 1.60. The zero-order chi connectivity index (χ0) is 11.4.